The lowest BCUT2D eigenvalue weighted by atomic mass is 10.2. The van der Waals surface area contributed by atoms with Crippen molar-refractivity contribution in [1.82, 2.24) is 19.0 Å². The van der Waals surface area contributed by atoms with Crippen LogP contribution in [0.2, 0.25) is 5.02 Å². The normalized spacial score (nSPS) is 15.0. The zero-order chi connectivity index (χ0) is 22.9. The van der Waals surface area contributed by atoms with Gasteiger partial charge < -0.3 is 4.90 Å². The van der Waals surface area contributed by atoms with Crippen molar-refractivity contribution in [2.45, 2.75) is 4.90 Å². The number of aromatic nitrogens is 2. The molecule has 0 bridgehead atoms. The fourth-order valence-corrected chi connectivity index (χ4v) is 5.12. The fraction of sp³-hybridized carbons (Fsp3) is 0.200. The number of nitro groups is 1. The number of piperazine rings is 1. The van der Waals surface area contributed by atoms with Crippen LogP contribution in [0.25, 0.3) is 5.69 Å². The second-order valence-electron chi connectivity index (χ2n) is 7.10. The van der Waals surface area contributed by atoms with E-state index in [0.29, 0.717) is 16.3 Å². The largest absolute Gasteiger partial charge is 0.336 e. The molecule has 0 saturated carbocycles. The van der Waals surface area contributed by atoms with E-state index in [1.54, 1.807) is 35.4 Å². The summed E-state index contributed by atoms with van der Waals surface area (Å²) in [4.78, 5) is 24.8. The van der Waals surface area contributed by atoms with Crippen LogP contribution >= 0.6 is 11.6 Å². The maximum atomic E-state index is 12.9. The predicted molar refractivity (Wildman–Crippen MR) is 116 cm³/mol. The van der Waals surface area contributed by atoms with Gasteiger partial charge in [-0.3, -0.25) is 14.9 Å². The molecule has 12 heteroatoms. The minimum Gasteiger partial charge on any atom is -0.336 e. The lowest BCUT2D eigenvalue weighted by molar-refractivity contribution is -0.384. The van der Waals surface area contributed by atoms with Crippen molar-refractivity contribution >= 4 is 33.2 Å². The molecule has 0 N–H and O–H groups in total. The van der Waals surface area contributed by atoms with E-state index >= 15 is 0 Å². The van der Waals surface area contributed by atoms with E-state index < -0.39 is 14.9 Å². The van der Waals surface area contributed by atoms with Gasteiger partial charge in [0.25, 0.3) is 11.6 Å². The van der Waals surface area contributed by atoms with Crippen LogP contribution in [0.3, 0.4) is 0 Å². The fourth-order valence-electron chi connectivity index (χ4n) is 3.39. The van der Waals surface area contributed by atoms with Crippen molar-refractivity contribution in [1.29, 1.82) is 0 Å². The van der Waals surface area contributed by atoms with Crippen LogP contribution < -0.4 is 0 Å². The SMILES string of the molecule is O=C(c1cnn(-c2ccc([N+](=O)[O-])cc2)c1)N1CCN(S(=O)(=O)c2cccc(Cl)c2)CC1. The third-order valence-electron chi connectivity index (χ3n) is 5.11. The van der Waals surface area contributed by atoms with Crippen LogP contribution in [0.15, 0.2) is 65.8 Å². The molecule has 0 atom stereocenters. The number of non-ortho nitro benzene ring substituents is 1. The highest BCUT2D eigenvalue weighted by molar-refractivity contribution is 7.89. The Morgan fingerprint density at radius 2 is 1.75 bits per heavy atom. The topological polar surface area (TPSA) is 119 Å². The number of halogens is 1. The summed E-state index contributed by atoms with van der Waals surface area (Å²) in [6.07, 6.45) is 2.96. The Morgan fingerprint density at radius 1 is 1.06 bits per heavy atom. The third kappa shape index (κ3) is 4.35. The quantitative estimate of drug-likeness (QED) is 0.413. The van der Waals surface area contributed by atoms with Crippen molar-refractivity contribution in [3.63, 3.8) is 0 Å². The molecule has 0 spiro atoms. The Hall–Kier alpha value is -3.28. The number of hydrogen-bond acceptors (Lipinski definition) is 6. The molecule has 1 saturated heterocycles. The van der Waals surface area contributed by atoms with Gasteiger partial charge in [-0.15, -0.1) is 0 Å². The van der Waals surface area contributed by atoms with Gasteiger partial charge in [0.05, 0.1) is 27.3 Å². The highest BCUT2D eigenvalue weighted by Crippen LogP contribution is 2.22. The first-order valence-corrected chi connectivity index (χ1v) is 11.4. The van der Waals surface area contributed by atoms with E-state index in [9.17, 15) is 23.3 Å². The number of benzene rings is 2. The zero-order valence-electron chi connectivity index (χ0n) is 16.7. The molecule has 10 nitrogen and oxygen atoms in total. The number of carbonyl (C=O) groups excluding carboxylic acids is 1. The van der Waals surface area contributed by atoms with Gasteiger partial charge in [-0.25, -0.2) is 13.1 Å². The van der Waals surface area contributed by atoms with Gasteiger partial charge in [0.15, 0.2) is 0 Å². The van der Waals surface area contributed by atoms with Crippen molar-refractivity contribution in [2.24, 2.45) is 0 Å². The van der Waals surface area contributed by atoms with Crippen LogP contribution in [-0.2, 0) is 10.0 Å². The molecule has 4 rings (SSSR count). The molecule has 1 aliphatic heterocycles. The third-order valence-corrected chi connectivity index (χ3v) is 7.24. The predicted octanol–water partition coefficient (Wildman–Crippen LogP) is 2.58. The molecule has 0 aliphatic carbocycles. The maximum absolute atomic E-state index is 12.9. The average molecular weight is 476 g/mol. The zero-order valence-corrected chi connectivity index (χ0v) is 18.2. The molecule has 2 aromatic carbocycles. The lowest BCUT2D eigenvalue weighted by Crippen LogP contribution is -2.50. The van der Waals surface area contributed by atoms with Gasteiger partial charge in [-0.05, 0) is 30.3 Å². The Bertz CT molecular complexity index is 1270. The standard InChI is InChI=1S/C20H18ClN5O5S/c21-16-2-1-3-19(12-16)32(30,31)24-10-8-23(9-11-24)20(27)15-13-22-25(14-15)17-4-6-18(7-5-17)26(28)29/h1-7,12-14H,8-11H2. The second kappa shape index (κ2) is 8.69. The Labute approximate surface area is 188 Å². The summed E-state index contributed by atoms with van der Waals surface area (Å²) < 4.78 is 28.4. The summed E-state index contributed by atoms with van der Waals surface area (Å²) in [5.41, 5.74) is 0.879. The minimum atomic E-state index is -3.69. The minimum absolute atomic E-state index is 0.0391. The summed E-state index contributed by atoms with van der Waals surface area (Å²) in [6, 6.07) is 11.9. The smallest absolute Gasteiger partial charge is 0.269 e. The summed E-state index contributed by atoms with van der Waals surface area (Å²) in [5, 5.41) is 15.3. The first-order chi connectivity index (χ1) is 15.3. The number of carbonyl (C=O) groups is 1. The number of amides is 1. The summed E-state index contributed by atoms with van der Waals surface area (Å²) in [5.74, 6) is -0.266. The molecule has 2 heterocycles. The molecule has 1 aliphatic rings. The van der Waals surface area contributed by atoms with E-state index in [1.807, 2.05) is 0 Å². The van der Waals surface area contributed by atoms with E-state index in [-0.39, 0.29) is 42.7 Å². The highest BCUT2D eigenvalue weighted by Gasteiger charge is 2.31. The maximum Gasteiger partial charge on any atom is 0.269 e. The number of sulfonamides is 1. The van der Waals surface area contributed by atoms with Crippen molar-refractivity contribution in [3.05, 3.63) is 81.6 Å². The molecular formula is C20H18ClN5O5S. The van der Waals surface area contributed by atoms with Gasteiger partial charge in [0.1, 0.15) is 0 Å². The average Bonchev–Trinajstić information content (AvgIpc) is 3.29. The number of nitrogens with zero attached hydrogens (tertiary/aromatic N) is 5. The van der Waals surface area contributed by atoms with Gasteiger partial charge in [-0.2, -0.15) is 9.40 Å². The number of nitro benzene ring substituents is 1. The molecule has 3 aromatic rings. The molecule has 166 valence electrons. The first kappa shape index (κ1) is 21.9. The van der Waals surface area contributed by atoms with Gasteiger partial charge in [0.2, 0.25) is 10.0 Å². The van der Waals surface area contributed by atoms with Crippen LogP contribution in [0.4, 0.5) is 5.69 Å². The summed E-state index contributed by atoms with van der Waals surface area (Å²) in [6.45, 7) is 0.802. The molecule has 1 fully saturated rings. The number of rotatable bonds is 5. The highest BCUT2D eigenvalue weighted by atomic mass is 35.5. The molecule has 32 heavy (non-hydrogen) atoms. The second-order valence-corrected chi connectivity index (χ2v) is 9.48. The Balaban J connectivity index is 1.42. The van der Waals surface area contributed by atoms with E-state index in [0.717, 1.165) is 0 Å². The van der Waals surface area contributed by atoms with E-state index in [4.69, 9.17) is 11.6 Å². The van der Waals surface area contributed by atoms with Crippen LogP contribution in [0.5, 0.6) is 0 Å². The van der Waals surface area contributed by atoms with Crippen molar-refractivity contribution < 1.29 is 18.1 Å². The van der Waals surface area contributed by atoms with E-state index in [1.165, 1.54) is 39.4 Å². The molecule has 1 amide bonds. The summed E-state index contributed by atoms with van der Waals surface area (Å²) >= 11 is 5.92. The van der Waals surface area contributed by atoms with E-state index in [2.05, 4.69) is 5.10 Å². The van der Waals surface area contributed by atoms with Crippen molar-refractivity contribution in [3.8, 4) is 5.69 Å². The Morgan fingerprint density at radius 3 is 2.38 bits per heavy atom. The van der Waals surface area contributed by atoms with Gasteiger partial charge in [-0.1, -0.05) is 17.7 Å². The summed E-state index contributed by atoms with van der Waals surface area (Å²) in [7, 11) is -3.69. The van der Waals surface area contributed by atoms with Crippen LogP contribution in [0, 0.1) is 10.1 Å². The molecular weight excluding hydrogens is 458 g/mol. The van der Waals surface area contributed by atoms with Crippen LogP contribution in [-0.4, -0.2) is 64.4 Å². The Kier molecular flexibility index (Phi) is 5.96. The van der Waals surface area contributed by atoms with Gasteiger partial charge in [0, 0.05) is 49.5 Å². The van der Waals surface area contributed by atoms with Crippen molar-refractivity contribution in [2.75, 3.05) is 26.2 Å². The van der Waals surface area contributed by atoms with Gasteiger partial charge >= 0.3 is 0 Å². The monoisotopic (exact) mass is 475 g/mol. The molecule has 0 radical (unpaired) electrons. The first-order valence-electron chi connectivity index (χ1n) is 9.60. The lowest BCUT2D eigenvalue weighted by Gasteiger charge is -2.33. The molecule has 0 unspecified atom stereocenters. The van der Waals surface area contributed by atoms with Crippen LogP contribution in [0.1, 0.15) is 10.4 Å². The molecule has 1 aromatic heterocycles. The number of hydrogen-bond donors (Lipinski definition) is 0.